The Hall–Kier alpha value is -4.48. The first-order valence-corrected chi connectivity index (χ1v) is 21.4. The second-order valence-corrected chi connectivity index (χ2v) is 17.9. The summed E-state index contributed by atoms with van der Waals surface area (Å²) in [5.74, 6) is -0.236. The van der Waals surface area contributed by atoms with Crippen molar-refractivity contribution in [1.82, 2.24) is 14.5 Å². The number of hydrogen-bond acceptors (Lipinski definition) is 12. The van der Waals surface area contributed by atoms with Crippen molar-refractivity contribution >= 4 is 54.6 Å². The quantitative estimate of drug-likeness (QED) is 0.0895. The monoisotopic (exact) mass is 780 g/mol. The lowest BCUT2D eigenvalue weighted by Gasteiger charge is -2.36. The van der Waals surface area contributed by atoms with Gasteiger partial charge in [-0.05, 0) is 87.2 Å². The minimum Gasteiger partial charge on any atom is -0.376 e. The third kappa shape index (κ3) is 11.0. The number of sulfone groups is 1. The molecule has 0 aromatic heterocycles. The molecule has 0 saturated carbocycles. The number of carbonyl (C=O) groups is 1. The largest absolute Gasteiger partial charge is 0.376 e. The maximum absolute atomic E-state index is 13.3. The molecule has 4 aromatic carbocycles. The van der Waals surface area contributed by atoms with Gasteiger partial charge in [0.2, 0.25) is 0 Å². The molecule has 0 bridgehead atoms. The summed E-state index contributed by atoms with van der Waals surface area (Å²) < 4.78 is 53.0. The van der Waals surface area contributed by atoms with Gasteiger partial charge in [-0.1, -0.05) is 36.4 Å². The van der Waals surface area contributed by atoms with E-state index in [-0.39, 0.29) is 17.3 Å². The van der Waals surface area contributed by atoms with Gasteiger partial charge in [-0.2, -0.15) is 0 Å². The van der Waals surface area contributed by atoms with Crippen LogP contribution in [0.25, 0.3) is 0 Å². The normalized spacial score (nSPS) is 14.5. The molecule has 1 amide bonds. The van der Waals surface area contributed by atoms with Gasteiger partial charge in [0.15, 0.2) is 9.84 Å². The molecule has 1 aliphatic heterocycles. The summed E-state index contributed by atoms with van der Waals surface area (Å²) in [6.45, 7) is 3.99. The summed E-state index contributed by atoms with van der Waals surface area (Å²) >= 11 is 1.62. The van der Waals surface area contributed by atoms with Crippen molar-refractivity contribution in [3.8, 4) is 0 Å². The molecule has 1 saturated heterocycles. The van der Waals surface area contributed by atoms with Gasteiger partial charge in [0.25, 0.3) is 21.6 Å². The lowest BCUT2D eigenvalue weighted by atomic mass is 10.1. The van der Waals surface area contributed by atoms with Gasteiger partial charge in [-0.15, -0.1) is 11.8 Å². The summed E-state index contributed by atoms with van der Waals surface area (Å²) in [4.78, 5) is 31.9. The molecule has 1 unspecified atom stereocenters. The van der Waals surface area contributed by atoms with E-state index in [0.717, 1.165) is 28.8 Å². The first-order chi connectivity index (χ1) is 25.2. The predicted molar refractivity (Wildman–Crippen MR) is 209 cm³/mol. The first-order valence-electron chi connectivity index (χ1n) is 17.0. The van der Waals surface area contributed by atoms with Gasteiger partial charge >= 0.3 is 0 Å². The van der Waals surface area contributed by atoms with Crippen molar-refractivity contribution in [2.45, 2.75) is 33.7 Å². The van der Waals surface area contributed by atoms with Gasteiger partial charge in [0.1, 0.15) is 5.69 Å². The van der Waals surface area contributed by atoms with Gasteiger partial charge < -0.3 is 15.1 Å². The third-order valence-corrected chi connectivity index (χ3v) is 12.5. The van der Waals surface area contributed by atoms with Crippen molar-refractivity contribution in [3.05, 3.63) is 118 Å². The number of carbonyl (C=O) groups excluding carboxylic acids is 1. The van der Waals surface area contributed by atoms with Gasteiger partial charge in [0.05, 0.1) is 14.7 Å². The molecule has 1 fully saturated rings. The number of sulfonamides is 1. The maximum Gasteiger partial charge on any atom is 0.293 e. The van der Waals surface area contributed by atoms with Crippen LogP contribution in [0, 0.1) is 10.1 Å². The minimum atomic E-state index is -4.45. The lowest BCUT2D eigenvalue weighted by Crippen LogP contribution is -2.46. The van der Waals surface area contributed by atoms with E-state index in [1.807, 2.05) is 66.2 Å². The number of nitro groups is 1. The Balaban J connectivity index is 1.21. The van der Waals surface area contributed by atoms with E-state index >= 15 is 0 Å². The molecular formula is C37H44N6O7S3. The highest BCUT2D eigenvalue weighted by molar-refractivity contribution is 7.99. The standard InChI is InChI=1S/C37H44N6O7S3/c1-40(2)20-19-30(27-51-32-10-5-4-6-11-32)38-34-18-17-33(25-35(34)43(45)46)53(49,50)39-37(44)28-13-15-31(16-14-28)42-23-21-41(22-24-42)26-29-9-7-8-12-36(29)52(3,47)48/h4-18,25,30,38H,19-24,26-27H2,1-3H3,(H,39,44). The van der Waals surface area contributed by atoms with Crippen LogP contribution in [-0.4, -0.2) is 102 Å². The highest BCUT2D eigenvalue weighted by atomic mass is 32.2. The van der Waals surface area contributed by atoms with Crippen LogP contribution in [-0.2, 0) is 26.4 Å². The second-order valence-electron chi connectivity index (χ2n) is 13.1. The summed E-state index contributed by atoms with van der Waals surface area (Å²) in [5, 5.41) is 15.4. The molecule has 5 rings (SSSR count). The van der Waals surface area contributed by atoms with E-state index in [1.165, 1.54) is 30.5 Å². The average Bonchev–Trinajstić information content (AvgIpc) is 3.13. The molecule has 1 aliphatic rings. The molecule has 16 heteroatoms. The zero-order valence-electron chi connectivity index (χ0n) is 29.8. The van der Waals surface area contributed by atoms with Crippen LogP contribution in [0.2, 0.25) is 0 Å². The lowest BCUT2D eigenvalue weighted by molar-refractivity contribution is -0.384. The minimum absolute atomic E-state index is 0.112. The Kier molecular flexibility index (Phi) is 13.2. The van der Waals surface area contributed by atoms with Crippen LogP contribution in [0.15, 0.2) is 112 Å². The number of hydrogen-bond donors (Lipinski definition) is 2. The molecular weight excluding hydrogens is 737 g/mol. The van der Waals surface area contributed by atoms with Gasteiger partial charge in [0, 0.05) is 73.0 Å². The third-order valence-electron chi connectivity index (χ3n) is 8.82. The van der Waals surface area contributed by atoms with Crippen LogP contribution >= 0.6 is 11.8 Å². The molecule has 0 aliphatic carbocycles. The van der Waals surface area contributed by atoms with Gasteiger partial charge in [-0.3, -0.25) is 19.8 Å². The Morgan fingerprint density at radius 1 is 0.906 bits per heavy atom. The fraction of sp³-hybridized carbons (Fsp3) is 0.324. The van der Waals surface area contributed by atoms with Crippen molar-refractivity contribution in [3.63, 3.8) is 0 Å². The van der Waals surface area contributed by atoms with Crippen molar-refractivity contribution in [2.75, 3.05) is 69.0 Å². The average molecular weight is 781 g/mol. The predicted octanol–water partition coefficient (Wildman–Crippen LogP) is 4.96. The molecule has 0 spiro atoms. The number of nitrogens with zero attached hydrogens (tertiary/aromatic N) is 4. The molecule has 1 heterocycles. The van der Waals surface area contributed by atoms with Crippen LogP contribution in [0.1, 0.15) is 22.3 Å². The zero-order chi connectivity index (χ0) is 38.2. The summed E-state index contributed by atoms with van der Waals surface area (Å²) in [6, 6.07) is 26.8. The summed E-state index contributed by atoms with van der Waals surface area (Å²) in [6.07, 6.45) is 1.90. The number of rotatable bonds is 16. The molecule has 1 atom stereocenters. The molecule has 2 N–H and O–H groups in total. The Morgan fingerprint density at radius 3 is 2.21 bits per heavy atom. The fourth-order valence-corrected chi connectivity index (χ4v) is 8.88. The molecule has 0 radical (unpaired) electrons. The van der Waals surface area contributed by atoms with E-state index in [4.69, 9.17) is 0 Å². The Bertz CT molecular complexity index is 2110. The van der Waals surface area contributed by atoms with E-state index in [0.29, 0.717) is 49.8 Å². The van der Waals surface area contributed by atoms with Crippen molar-refractivity contribution < 1.29 is 26.6 Å². The number of thioether (sulfide) groups is 1. The highest BCUT2D eigenvalue weighted by Crippen LogP contribution is 2.30. The van der Waals surface area contributed by atoms with Crippen LogP contribution in [0.4, 0.5) is 17.1 Å². The second kappa shape index (κ2) is 17.6. The van der Waals surface area contributed by atoms with Crippen molar-refractivity contribution in [2.24, 2.45) is 0 Å². The molecule has 53 heavy (non-hydrogen) atoms. The number of nitro benzene ring substituents is 1. The van der Waals surface area contributed by atoms with E-state index in [2.05, 4.69) is 15.1 Å². The van der Waals surface area contributed by atoms with E-state index in [9.17, 15) is 31.7 Å². The van der Waals surface area contributed by atoms with Crippen LogP contribution < -0.4 is 14.9 Å². The van der Waals surface area contributed by atoms with Crippen LogP contribution in [0.5, 0.6) is 0 Å². The van der Waals surface area contributed by atoms with Crippen LogP contribution in [0.3, 0.4) is 0 Å². The molecule has 4 aromatic rings. The van der Waals surface area contributed by atoms with E-state index < -0.39 is 41.3 Å². The SMILES string of the molecule is CN(C)CCC(CSc1ccccc1)Nc1ccc(S(=O)(=O)NC(=O)c2ccc(N3CCN(Cc4ccccc4S(C)(=O)=O)CC3)cc2)cc1[N+](=O)[O-]. The topological polar surface area (TPSA) is 162 Å². The number of benzene rings is 4. The molecule has 282 valence electrons. The highest BCUT2D eigenvalue weighted by Gasteiger charge is 2.26. The fourth-order valence-electron chi connectivity index (χ4n) is 5.96. The Morgan fingerprint density at radius 2 is 1.57 bits per heavy atom. The Labute approximate surface area is 315 Å². The smallest absolute Gasteiger partial charge is 0.293 e. The van der Waals surface area contributed by atoms with E-state index in [1.54, 1.807) is 36.0 Å². The maximum atomic E-state index is 13.3. The zero-order valence-corrected chi connectivity index (χ0v) is 32.3. The number of piperazine rings is 1. The van der Waals surface area contributed by atoms with Crippen molar-refractivity contribution in [1.29, 1.82) is 0 Å². The number of nitrogens with one attached hydrogen (secondary N) is 2. The first kappa shape index (κ1) is 39.7. The number of amides is 1. The summed E-state index contributed by atoms with van der Waals surface area (Å²) in [7, 11) is -3.89. The molecule has 13 nitrogen and oxygen atoms in total. The van der Waals surface area contributed by atoms with Gasteiger partial charge in [-0.25, -0.2) is 21.6 Å². The summed E-state index contributed by atoms with van der Waals surface area (Å²) in [5.41, 5.74) is 1.50. The number of anilines is 2.